The molecule has 0 aliphatic carbocycles. The summed E-state index contributed by atoms with van der Waals surface area (Å²) >= 11 is 9.61. The quantitative estimate of drug-likeness (QED) is 0.362. The number of fused-ring (bicyclic) bond motifs is 1. The Morgan fingerprint density at radius 2 is 1.88 bits per heavy atom. The zero-order valence-corrected chi connectivity index (χ0v) is 24.5. The zero-order chi connectivity index (χ0) is 28.1. The summed E-state index contributed by atoms with van der Waals surface area (Å²) in [4.78, 5) is 32.5. The highest BCUT2D eigenvalue weighted by molar-refractivity contribution is 9.10. The van der Waals surface area contributed by atoms with Crippen LogP contribution in [-0.2, 0) is 9.59 Å². The third-order valence-electron chi connectivity index (χ3n) is 6.90. The van der Waals surface area contributed by atoms with Gasteiger partial charge in [-0.15, -0.1) is 0 Å². The topological polar surface area (TPSA) is 74.4 Å². The average molecular weight is 626 g/mol. The van der Waals surface area contributed by atoms with Crippen molar-refractivity contribution >= 4 is 56.8 Å². The summed E-state index contributed by atoms with van der Waals surface area (Å²) < 4.78 is 12.0. The van der Waals surface area contributed by atoms with E-state index in [1.807, 2.05) is 42.5 Å². The minimum atomic E-state index is -0.377. The average Bonchev–Trinajstić information content (AvgIpc) is 2.96. The number of ether oxygens (including phenoxy) is 2. The van der Waals surface area contributed by atoms with Gasteiger partial charge in [0, 0.05) is 50.0 Å². The molecule has 40 heavy (non-hydrogen) atoms. The van der Waals surface area contributed by atoms with E-state index in [9.17, 15) is 9.59 Å². The predicted octanol–water partition coefficient (Wildman–Crippen LogP) is 4.82. The molecule has 1 saturated heterocycles. The van der Waals surface area contributed by atoms with Gasteiger partial charge in [0.05, 0.1) is 17.3 Å². The summed E-state index contributed by atoms with van der Waals surface area (Å²) in [7, 11) is 1.59. The van der Waals surface area contributed by atoms with Crippen LogP contribution in [0, 0.1) is 0 Å². The maximum absolute atomic E-state index is 13.4. The van der Waals surface area contributed by atoms with Gasteiger partial charge in [-0.2, -0.15) is 0 Å². The van der Waals surface area contributed by atoms with E-state index in [-0.39, 0.29) is 24.1 Å². The van der Waals surface area contributed by atoms with Gasteiger partial charge in [0.1, 0.15) is 12.3 Å². The Bertz CT molecular complexity index is 1420. The fraction of sp³-hybridized carbons (Fsp3) is 0.267. The molecular weight excluding hydrogens is 596 g/mol. The lowest BCUT2D eigenvalue weighted by Crippen LogP contribution is -2.49. The number of rotatable bonds is 8. The van der Waals surface area contributed by atoms with Crippen LogP contribution in [0.5, 0.6) is 11.5 Å². The van der Waals surface area contributed by atoms with Gasteiger partial charge in [-0.1, -0.05) is 35.9 Å². The van der Waals surface area contributed by atoms with E-state index in [0.29, 0.717) is 23.7 Å². The maximum atomic E-state index is 13.4. The Balaban J connectivity index is 1.18. The van der Waals surface area contributed by atoms with Crippen LogP contribution in [0.25, 0.3) is 6.08 Å². The van der Waals surface area contributed by atoms with Crippen molar-refractivity contribution in [3.63, 3.8) is 0 Å². The van der Waals surface area contributed by atoms with Crippen LogP contribution in [0.4, 0.5) is 11.4 Å². The largest absolute Gasteiger partial charge is 0.496 e. The molecule has 2 heterocycles. The molecule has 2 aliphatic rings. The molecule has 0 radical (unpaired) electrons. The van der Waals surface area contributed by atoms with E-state index in [2.05, 4.69) is 37.1 Å². The summed E-state index contributed by atoms with van der Waals surface area (Å²) in [5, 5.41) is 3.71. The molecule has 0 aromatic heterocycles. The van der Waals surface area contributed by atoms with Crippen molar-refractivity contribution in [2.24, 2.45) is 0 Å². The van der Waals surface area contributed by atoms with Crippen molar-refractivity contribution in [1.82, 2.24) is 10.2 Å². The maximum Gasteiger partial charge on any atom is 0.294 e. The van der Waals surface area contributed by atoms with Crippen LogP contribution in [0.2, 0.25) is 5.02 Å². The van der Waals surface area contributed by atoms with Gasteiger partial charge in [0.15, 0.2) is 11.5 Å². The number of anilines is 2. The Kier molecular flexibility index (Phi) is 8.94. The molecule has 3 aromatic rings. The Labute approximate surface area is 247 Å². The molecule has 1 fully saturated rings. The van der Waals surface area contributed by atoms with E-state index >= 15 is 0 Å². The molecular formula is C30H30BrClN4O4. The minimum absolute atomic E-state index is 0.106. The Morgan fingerprint density at radius 3 is 2.62 bits per heavy atom. The number of methoxy groups -OCH3 is 1. The zero-order valence-electron chi connectivity index (χ0n) is 22.1. The van der Waals surface area contributed by atoms with Gasteiger partial charge in [0.25, 0.3) is 5.91 Å². The highest BCUT2D eigenvalue weighted by atomic mass is 79.9. The highest BCUT2D eigenvalue weighted by Crippen LogP contribution is 2.36. The predicted molar refractivity (Wildman–Crippen MR) is 161 cm³/mol. The lowest BCUT2D eigenvalue weighted by Gasteiger charge is -2.36. The molecule has 2 aliphatic heterocycles. The summed E-state index contributed by atoms with van der Waals surface area (Å²) in [5.74, 6) is 0.740. The smallest absolute Gasteiger partial charge is 0.294 e. The first-order chi connectivity index (χ1) is 19.4. The second-order valence-corrected chi connectivity index (χ2v) is 10.8. The highest BCUT2D eigenvalue weighted by Gasteiger charge is 2.31. The van der Waals surface area contributed by atoms with E-state index in [0.717, 1.165) is 53.5 Å². The van der Waals surface area contributed by atoms with Gasteiger partial charge < -0.3 is 19.7 Å². The van der Waals surface area contributed by atoms with Gasteiger partial charge >= 0.3 is 0 Å². The van der Waals surface area contributed by atoms with Crippen molar-refractivity contribution in [2.45, 2.75) is 0 Å². The summed E-state index contributed by atoms with van der Waals surface area (Å²) in [6, 6.07) is 20.6. The first-order valence-electron chi connectivity index (χ1n) is 13.0. The number of hydrogen-bond acceptors (Lipinski definition) is 6. The third-order valence-corrected chi connectivity index (χ3v) is 7.76. The van der Waals surface area contributed by atoms with Gasteiger partial charge in [-0.25, -0.2) is 0 Å². The van der Waals surface area contributed by atoms with Crippen molar-refractivity contribution in [2.75, 3.05) is 62.7 Å². The number of carbonyl (C=O) groups excluding carboxylic acids is 2. The molecule has 0 unspecified atom stereocenters. The molecule has 208 valence electrons. The van der Waals surface area contributed by atoms with Crippen molar-refractivity contribution < 1.29 is 19.1 Å². The normalized spacial score (nSPS) is 16.5. The second-order valence-electron chi connectivity index (χ2n) is 9.52. The van der Waals surface area contributed by atoms with Crippen LogP contribution in [0.15, 0.2) is 77.0 Å². The monoisotopic (exact) mass is 624 g/mol. The fourth-order valence-electron chi connectivity index (χ4n) is 4.80. The van der Waals surface area contributed by atoms with E-state index in [4.69, 9.17) is 21.1 Å². The molecule has 0 spiro atoms. The van der Waals surface area contributed by atoms with Gasteiger partial charge in [-0.05, 0) is 70.0 Å². The minimum Gasteiger partial charge on any atom is -0.496 e. The van der Waals surface area contributed by atoms with Crippen LogP contribution in [0.1, 0.15) is 5.56 Å². The molecule has 3 aromatic carbocycles. The van der Waals surface area contributed by atoms with E-state index < -0.39 is 0 Å². The van der Waals surface area contributed by atoms with Gasteiger partial charge in [-0.3, -0.25) is 19.4 Å². The SMILES string of the molecule is COc1ccc(/C=C2\Oc3ccccc3N(CC(=O)NCCN3CCN(c4cccc(Cl)c4)CC3)C2=O)cc1Br. The third kappa shape index (κ3) is 6.60. The summed E-state index contributed by atoms with van der Waals surface area (Å²) in [6.07, 6.45) is 1.66. The molecule has 0 atom stereocenters. The Morgan fingerprint density at radius 1 is 1.07 bits per heavy atom. The Hall–Kier alpha value is -3.53. The molecule has 5 rings (SSSR count). The molecule has 2 amide bonds. The lowest BCUT2D eigenvalue weighted by molar-refractivity contribution is -0.123. The number of benzene rings is 3. The van der Waals surface area contributed by atoms with Crippen molar-refractivity contribution in [3.8, 4) is 11.5 Å². The molecule has 1 N–H and O–H groups in total. The molecule has 8 nitrogen and oxygen atoms in total. The number of para-hydroxylation sites is 2. The lowest BCUT2D eigenvalue weighted by atomic mass is 10.1. The number of halogens is 2. The van der Waals surface area contributed by atoms with Crippen molar-refractivity contribution in [3.05, 3.63) is 87.5 Å². The van der Waals surface area contributed by atoms with Crippen LogP contribution in [-0.4, -0.2) is 69.6 Å². The number of carbonyl (C=O) groups is 2. The summed E-state index contributed by atoms with van der Waals surface area (Å²) in [5.41, 5.74) is 2.45. The van der Waals surface area contributed by atoms with Crippen LogP contribution in [0.3, 0.4) is 0 Å². The first kappa shape index (κ1) is 28.0. The van der Waals surface area contributed by atoms with Crippen LogP contribution < -0.4 is 24.6 Å². The van der Waals surface area contributed by atoms with E-state index in [1.165, 1.54) is 4.90 Å². The number of piperazine rings is 1. The van der Waals surface area contributed by atoms with Crippen LogP contribution >= 0.6 is 27.5 Å². The van der Waals surface area contributed by atoms with E-state index in [1.54, 1.807) is 31.4 Å². The molecule has 0 bridgehead atoms. The molecule has 0 saturated carbocycles. The standard InChI is InChI=1S/C30H30BrClN4O4/c1-39-26-10-9-21(17-24(26)31)18-28-30(38)36(25-7-2-3-8-27(25)40-28)20-29(37)33-11-12-34-13-15-35(16-14-34)23-6-4-5-22(32)19-23/h2-10,17-19H,11-16,20H2,1H3,(H,33,37)/b28-18-. The first-order valence-corrected chi connectivity index (χ1v) is 14.2. The fourth-order valence-corrected chi connectivity index (χ4v) is 5.54. The number of nitrogens with one attached hydrogen (secondary N) is 1. The summed E-state index contributed by atoms with van der Waals surface area (Å²) in [6.45, 7) is 4.71. The molecule has 10 heteroatoms. The second kappa shape index (κ2) is 12.8. The number of hydrogen-bond donors (Lipinski definition) is 1. The number of amides is 2. The van der Waals surface area contributed by atoms with Crippen molar-refractivity contribution in [1.29, 1.82) is 0 Å². The van der Waals surface area contributed by atoms with Gasteiger partial charge in [0.2, 0.25) is 5.91 Å². The number of nitrogens with zero attached hydrogens (tertiary/aromatic N) is 3.